The molecular weight excluding hydrogens is 394 g/mol. The molecule has 2 fully saturated rings. The molecule has 3 aliphatic rings. The van der Waals surface area contributed by atoms with Crippen molar-refractivity contribution in [3.8, 4) is 11.5 Å². The van der Waals surface area contributed by atoms with Crippen LogP contribution < -0.4 is 9.47 Å². The topological polar surface area (TPSA) is 74.2 Å². The number of ether oxygens (including phenoxy) is 3. The first-order valence-corrected chi connectivity index (χ1v) is 11.3. The van der Waals surface area contributed by atoms with Crippen molar-refractivity contribution in [3.63, 3.8) is 0 Å². The summed E-state index contributed by atoms with van der Waals surface area (Å²) >= 11 is 0. The van der Waals surface area contributed by atoms with E-state index in [0.717, 1.165) is 49.8 Å². The van der Waals surface area contributed by atoms with Crippen molar-refractivity contribution >= 4 is 17.5 Å². The molecule has 6 nitrogen and oxygen atoms in total. The van der Waals surface area contributed by atoms with Crippen LogP contribution in [0.3, 0.4) is 0 Å². The number of hydrogen-bond acceptors (Lipinski definition) is 6. The van der Waals surface area contributed by atoms with Crippen LogP contribution in [0.4, 0.5) is 0 Å². The molecule has 166 valence electrons. The maximum Gasteiger partial charge on any atom is 0.336 e. The number of benzene rings is 1. The zero-order valence-corrected chi connectivity index (χ0v) is 18.6. The first kappa shape index (κ1) is 21.6. The van der Waals surface area contributed by atoms with Crippen molar-refractivity contribution in [2.45, 2.75) is 70.3 Å². The van der Waals surface area contributed by atoms with E-state index in [0.29, 0.717) is 29.2 Å². The molecule has 1 aromatic carbocycles. The lowest BCUT2D eigenvalue weighted by molar-refractivity contribution is -0.146. The predicted molar refractivity (Wildman–Crippen MR) is 118 cm³/mol. The third-order valence-corrected chi connectivity index (χ3v) is 6.73. The summed E-state index contributed by atoms with van der Waals surface area (Å²) in [4.78, 5) is 31.3. The highest BCUT2D eigenvalue weighted by Crippen LogP contribution is 2.47. The van der Waals surface area contributed by atoms with E-state index in [9.17, 15) is 9.59 Å². The first-order chi connectivity index (χ1) is 15.0. The van der Waals surface area contributed by atoms with Gasteiger partial charge in [0.1, 0.15) is 23.4 Å². The van der Waals surface area contributed by atoms with Gasteiger partial charge in [-0.25, -0.2) is 4.79 Å². The van der Waals surface area contributed by atoms with Gasteiger partial charge >= 0.3 is 5.97 Å². The standard InChI is InChI=1S/C25H31NO5/c1-15-22(25(28)31-16-8-5-4-6-9-16)23(24-19(26-15)10-7-11-20(24)27)18-14-17(29-2)12-13-21(18)30-3/h12-14,16,23-24H,4-11H2,1-3H3. The summed E-state index contributed by atoms with van der Waals surface area (Å²) in [7, 11) is 3.20. The minimum atomic E-state index is -0.485. The Balaban J connectivity index is 1.80. The molecule has 0 spiro atoms. The van der Waals surface area contributed by atoms with Gasteiger partial charge in [-0.05, 0) is 63.6 Å². The lowest BCUT2D eigenvalue weighted by Gasteiger charge is -2.36. The Morgan fingerprint density at radius 2 is 1.77 bits per heavy atom. The number of ketones is 1. The highest BCUT2D eigenvalue weighted by molar-refractivity contribution is 6.11. The summed E-state index contributed by atoms with van der Waals surface area (Å²) in [5.74, 6) is 0.0894. The van der Waals surface area contributed by atoms with Crippen molar-refractivity contribution in [2.75, 3.05) is 14.2 Å². The zero-order chi connectivity index (χ0) is 22.0. The van der Waals surface area contributed by atoms with Crippen LogP contribution in [0.5, 0.6) is 11.5 Å². The molecule has 0 bridgehead atoms. The Labute approximate surface area is 183 Å². The van der Waals surface area contributed by atoms with E-state index in [1.807, 2.05) is 25.1 Å². The Bertz CT molecular complexity index is 926. The van der Waals surface area contributed by atoms with Crippen molar-refractivity contribution < 1.29 is 23.8 Å². The maximum atomic E-state index is 13.5. The number of methoxy groups -OCH3 is 2. The van der Waals surface area contributed by atoms with Gasteiger partial charge in [0.05, 0.1) is 25.7 Å². The Morgan fingerprint density at radius 3 is 2.48 bits per heavy atom. The molecule has 0 amide bonds. The number of nitrogens with zero attached hydrogens (tertiary/aromatic N) is 1. The molecule has 31 heavy (non-hydrogen) atoms. The van der Waals surface area contributed by atoms with Gasteiger partial charge < -0.3 is 14.2 Å². The fourth-order valence-electron chi connectivity index (χ4n) is 5.20. The van der Waals surface area contributed by atoms with Crippen LogP contribution in [0.25, 0.3) is 0 Å². The smallest absolute Gasteiger partial charge is 0.336 e. The van der Waals surface area contributed by atoms with Gasteiger partial charge in [-0.1, -0.05) is 6.42 Å². The summed E-state index contributed by atoms with van der Waals surface area (Å²) in [5, 5.41) is 0. The van der Waals surface area contributed by atoms with Crippen molar-refractivity contribution in [1.29, 1.82) is 0 Å². The molecule has 0 saturated heterocycles. The molecule has 2 saturated carbocycles. The predicted octanol–water partition coefficient (Wildman–Crippen LogP) is 4.76. The number of carbonyl (C=O) groups is 2. The van der Waals surface area contributed by atoms with Gasteiger partial charge in [-0.3, -0.25) is 9.79 Å². The summed E-state index contributed by atoms with van der Waals surface area (Å²) in [6.07, 6.45) is 7.11. The number of fused-ring (bicyclic) bond motifs is 1. The molecule has 2 unspecified atom stereocenters. The van der Waals surface area contributed by atoms with Crippen LogP contribution in [-0.2, 0) is 14.3 Å². The van der Waals surface area contributed by atoms with Crippen LogP contribution in [0.2, 0.25) is 0 Å². The van der Waals surface area contributed by atoms with Crippen LogP contribution in [-0.4, -0.2) is 37.8 Å². The van der Waals surface area contributed by atoms with Gasteiger partial charge in [-0.15, -0.1) is 0 Å². The minimum absolute atomic E-state index is 0.0677. The van der Waals surface area contributed by atoms with Gasteiger partial charge in [-0.2, -0.15) is 0 Å². The largest absolute Gasteiger partial charge is 0.497 e. The molecule has 1 aromatic rings. The average Bonchev–Trinajstić information content (AvgIpc) is 2.78. The number of carbonyl (C=O) groups excluding carboxylic acids is 2. The maximum absolute atomic E-state index is 13.5. The van der Waals surface area contributed by atoms with Gasteiger partial charge in [0.25, 0.3) is 0 Å². The summed E-state index contributed by atoms with van der Waals surface area (Å²) in [6.45, 7) is 1.85. The third kappa shape index (κ3) is 4.25. The normalized spacial score (nSPS) is 24.4. The van der Waals surface area contributed by atoms with Gasteiger partial charge in [0.15, 0.2) is 0 Å². The number of allylic oxidation sites excluding steroid dienone is 1. The number of aliphatic imine (C=N–C) groups is 1. The van der Waals surface area contributed by atoms with Gasteiger partial charge in [0, 0.05) is 29.3 Å². The van der Waals surface area contributed by atoms with Crippen LogP contribution in [0.15, 0.2) is 34.5 Å². The van der Waals surface area contributed by atoms with Crippen molar-refractivity contribution in [1.82, 2.24) is 0 Å². The van der Waals surface area contributed by atoms with E-state index >= 15 is 0 Å². The average molecular weight is 426 g/mol. The molecule has 1 heterocycles. The van der Waals surface area contributed by atoms with E-state index < -0.39 is 11.8 Å². The highest BCUT2D eigenvalue weighted by atomic mass is 16.5. The number of esters is 1. The zero-order valence-electron chi connectivity index (χ0n) is 18.6. The lowest BCUT2D eigenvalue weighted by atomic mass is 9.69. The van der Waals surface area contributed by atoms with Crippen molar-refractivity contribution in [3.05, 3.63) is 35.0 Å². The second kappa shape index (κ2) is 9.25. The van der Waals surface area contributed by atoms with Crippen LogP contribution in [0.1, 0.15) is 69.8 Å². The molecular formula is C25H31NO5. The Kier molecular flexibility index (Phi) is 6.44. The first-order valence-electron chi connectivity index (χ1n) is 11.3. The van der Waals surface area contributed by atoms with Crippen LogP contribution in [0, 0.1) is 5.92 Å². The number of hydrogen-bond donors (Lipinski definition) is 0. The SMILES string of the molecule is COc1ccc(OC)c(C2C(C(=O)OC3CCCCC3)=C(C)N=C3CCCC(=O)C32)c1. The summed E-state index contributed by atoms with van der Waals surface area (Å²) < 4.78 is 17.0. The monoisotopic (exact) mass is 425 g/mol. The fraction of sp³-hybridized carbons (Fsp3) is 0.560. The van der Waals surface area contributed by atoms with E-state index in [1.165, 1.54) is 6.42 Å². The molecule has 6 heteroatoms. The van der Waals surface area contributed by atoms with E-state index in [-0.39, 0.29) is 17.9 Å². The second-order valence-corrected chi connectivity index (χ2v) is 8.65. The molecule has 1 aliphatic heterocycles. The third-order valence-electron chi connectivity index (χ3n) is 6.73. The minimum Gasteiger partial charge on any atom is -0.497 e. The van der Waals surface area contributed by atoms with Crippen molar-refractivity contribution in [2.24, 2.45) is 10.9 Å². The molecule has 2 atom stereocenters. The van der Waals surface area contributed by atoms with E-state index in [4.69, 9.17) is 19.2 Å². The second-order valence-electron chi connectivity index (χ2n) is 8.65. The molecule has 4 rings (SSSR count). The van der Waals surface area contributed by atoms with Crippen LogP contribution >= 0.6 is 0 Å². The molecule has 0 radical (unpaired) electrons. The number of Topliss-reactive ketones (excluding diaryl/α,β-unsaturated/α-hetero) is 1. The molecule has 0 N–H and O–H groups in total. The van der Waals surface area contributed by atoms with Gasteiger partial charge in [0.2, 0.25) is 0 Å². The molecule has 0 aromatic heterocycles. The Morgan fingerprint density at radius 1 is 1.00 bits per heavy atom. The lowest BCUT2D eigenvalue weighted by Crippen LogP contribution is -2.39. The van der Waals surface area contributed by atoms with E-state index in [2.05, 4.69) is 0 Å². The quantitative estimate of drug-likeness (QED) is 0.636. The highest BCUT2D eigenvalue weighted by Gasteiger charge is 2.45. The summed E-state index contributed by atoms with van der Waals surface area (Å²) in [5.41, 5.74) is 2.74. The molecule has 2 aliphatic carbocycles. The van der Waals surface area contributed by atoms with E-state index in [1.54, 1.807) is 14.2 Å². The Hall–Kier alpha value is -2.63. The number of rotatable bonds is 5. The summed E-state index contributed by atoms with van der Waals surface area (Å²) in [6, 6.07) is 5.52. The fourth-order valence-corrected chi connectivity index (χ4v) is 5.20.